The minimum absolute atomic E-state index is 0.750. The molecule has 0 aromatic carbocycles. The summed E-state index contributed by atoms with van der Waals surface area (Å²) >= 11 is 0. The fraction of sp³-hybridized carbons (Fsp3) is 0.500. The zero-order valence-electron chi connectivity index (χ0n) is 8.73. The lowest BCUT2D eigenvalue weighted by atomic mass is 10.4. The third-order valence-corrected chi connectivity index (χ3v) is 1.89. The lowest BCUT2D eigenvalue weighted by molar-refractivity contribution is 0.200. The van der Waals surface area contributed by atoms with Crippen LogP contribution in [0.2, 0.25) is 0 Å². The summed E-state index contributed by atoms with van der Waals surface area (Å²) in [6.07, 6.45) is 7.75. The molecule has 0 aliphatic rings. The molecule has 0 aliphatic heterocycles. The summed E-state index contributed by atoms with van der Waals surface area (Å²) < 4.78 is 6.89. The van der Waals surface area contributed by atoms with E-state index in [1.165, 1.54) is 0 Å². The standard InChI is InChI=1S/C10H17N3O/c1-13-9-12-8-10(13)4-3-5-11-6-7-14-2/h3-4,8-9,11H,5-7H2,1-2H3. The number of rotatable bonds is 6. The molecule has 1 aromatic rings. The average Bonchev–Trinajstić information content (AvgIpc) is 2.58. The van der Waals surface area contributed by atoms with Crippen LogP contribution in [0.3, 0.4) is 0 Å². The molecule has 0 fully saturated rings. The number of aromatic nitrogens is 2. The Morgan fingerprint density at radius 2 is 2.50 bits per heavy atom. The zero-order chi connectivity index (χ0) is 10.2. The maximum Gasteiger partial charge on any atom is 0.0948 e. The van der Waals surface area contributed by atoms with Crippen LogP contribution in [0.15, 0.2) is 18.6 Å². The predicted octanol–water partition coefficient (Wildman–Crippen LogP) is 0.669. The molecule has 0 unspecified atom stereocenters. The number of hydrogen-bond donors (Lipinski definition) is 1. The van der Waals surface area contributed by atoms with E-state index in [-0.39, 0.29) is 0 Å². The van der Waals surface area contributed by atoms with Crippen molar-refractivity contribution in [3.63, 3.8) is 0 Å². The van der Waals surface area contributed by atoms with Crippen LogP contribution in [0.25, 0.3) is 6.08 Å². The quantitative estimate of drug-likeness (QED) is 0.678. The summed E-state index contributed by atoms with van der Waals surface area (Å²) in [7, 11) is 3.68. The van der Waals surface area contributed by atoms with Crippen molar-refractivity contribution in [2.45, 2.75) is 0 Å². The van der Waals surface area contributed by atoms with Gasteiger partial charge in [0.1, 0.15) is 0 Å². The Kier molecular flexibility index (Phi) is 4.96. The Balaban J connectivity index is 2.18. The smallest absolute Gasteiger partial charge is 0.0948 e. The van der Waals surface area contributed by atoms with Crippen molar-refractivity contribution in [3.05, 3.63) is 24.3 Å². The van der Waals surface area contributed by atoms with E-state index >= 15 is 0 Å². The number of nitrogens with zero attached hydrogens (tertiary/aromatic N) is 2. The van der Waals surface area contributed by atoms with Gasteiger partial charge in [-0.1, -0.05) is 6.08 Å². The highest BCUT2D eigenvalue weighted by Gasteiger charge is 1.90. The van der Waals surface area contributed by atoms with Gasteiger partial charge in [-0.25, -0.2) is 4.98 Å². The van der Waals surface area contributed by atoms with Gasteiger partial charge in [0.25, 0.3) is 0 Å². The van der Waals surface area contributed by atoms with Crippen LogP contribution in [0.5, 0.6) is 0 Å². The molecule has 1 rings (SSSR count). The summed E-state index contributed by atoms with van der Waals surface area (Å²) in [5.41, 5.74) is 1.11. The van der Waals surface area contributed by atoms with Gasteiger partial charge in [0.2, 0.25) is 0 Å². The number of ether oxygens (including phenoxy) is 1. The predicted molar refractivity (Wildman–Crippen MR) is 57.0 cm³/mol. The van der Waals surface area contributed by atoms with Crippen LogP contribution in [0.4, 0.5) is 0 Å². The van der Waals surface area contributed by atoms with E-state index in [4.69, 9.17) is 4.74 Å². The fourth-order valence-electron chi connectivity index (χ4n) is 1.07. The van der Waals surface area contributed by atoms with E-state index in [2.05, 4.69) is 16.4 Å². The second-order valence-electron chi connectivity index (χ2n) is 3.03. The highest BCUT2D eigenvalue weighted by atomic mass is 16.5. The molecule has 78 valence electrons. The molecule has 0 radical (unpaired) electrons. The van der Waals surface area contributed by atoms with Crippen molar-refractivity contribution in [2.75, 3.05) is 26.8 Å². The van der Waals surface area contributed by atoms with Crippen molar-refractivity contribution < 1.29 is 4.74 Å². The average molecular weight is 195 g/mol. The summed E-state index contributed by atoms with van der Waals surface area (Å²) in [6.45, 7) is 2.49. The van der Waals surface area contributed by atoms with Gasteiger partial charge in [-0.15, -0.1) is 0 Å². The number of aryl methyl sites for hydroxylation is 1. The van der Waals surface area contributed by atoms with Crippen LogP contribution < -0.4 is 5.32 Å². The first kappa shape index (κ1) is 10.9. The first-order chi connectivity index (χ1) is 6.84. The normalized spacial score (nSPS) is 11.3. The molecule has 0 atom stereocenters. The van der Waals surface area contributed by atoms with Crippen LogP contribution >= 0.6 is 0 Å². The number of hydrogen-bond acceptors (Lipinski definition) is 3. The first-order valence-corrected chi connectivity index (χ1v) is 4.67. The molecule has 0 spiro atoms. The molecule has 0 aliphatic carbocycles. The highest BCUT2D eigenvalue weighted by molar-refractivity contribution is 5.43. The maximum atomic E-state index is 4.91. The van der Waals surface area contributed by atoms with Crippen LogP contribution in [0, 0.1) is 0 Å². The zero-order valence-corrected chi connectivity index (χ0v) is 8.73. The lowest BCUT2D eigenvalue weighted by Crippen LogP contribution is -2.18. The Morgan fingerprint density at radius 3 is 3.14 bits per heavy atom. The molecular formula is C10H17N3O. The SMILES string of the molecule is COCCNCC=Cc1cncn1C. The maximum absolute atomic E-state index is 4.91. The second-order valence-corrected chi connectivity index (χ2v) is 3.03. The van der Waals surface area contributed by atoms with Gasteiger partial charge < -0.3 is 14.6 Å². The molecule has 14 heavy (non-hydrogen) atoms. The molecule has 0 saturated heterocycles. The number of imidazole rings is 1. The number of nitrogens with one attached hydrogen (secondary N) is 1. The van der Waals surface area contributed by atoms with Crippen molar-refractivity contribution in [2.24, 2.45) is 7.05 Å². The molecule has 1 heterocycles. The Bertz CT molecular complexity index is 281. The molecule has 0 amide bonds. The fourth-order valence-corrected chi connectivity index (χ4v) is 1.07. The molecule has 1 aromatic heterocycles. The summed E-state index contributed by atoms with van der Waals surface area (Å²) in [4.78, 5) is 4.02. The van der Waals surface area contributed by atoms with E-state index in [1.54, 1.807) is 13.4 Å². The molecular weight excluding hydrogens is 178 g/mol. The van der Waals surface area contributed by atoms with Gasteiger partial charge in [-0.2, -0.15) is 0 Å². The van der Waals surface area contributed by atoms with Crippen LogP contribution in [-0.2, 0) is 11.8 Å². The highest BCUT2D eigenvalue weighted by Crippen LogP contribution is 1.97. The van der Waals surface area contributed by atoms with E-state index < -0.39 is 0 Å². The van der Waals surface area contributed by atoms with Gasteiger partial charge in [0.05, 0.1) is 24.8 Å². The minimum Gasteiger partial charge on any atom is -0.383 e. The van der Waals surface area contributed by atoms with Gasteiger partial charge in [0.15, 0.2) is 0 Å². The largest absolute Gasteiger partial charge is 0.383 e. The Labute approximate surface area is 84.6 Å². The van der Waals surface area contributed by atoms with Crippen LogP contribution in [-0.4, -0.2) is 36.4 Å². The third-order valence-electron chi connectivity index (χ3n) is 1.89. The van der Waals surface area contributed by atoms with Crippen LogP contribution in [0.1, 0.15) is 5.69 Å². The topological polar surface area (TPSA) is 39.1 Å². The molecule has 1 N–H and O–H groups in total. The van der Waals surface area contributed by atoms with Gasteiger partial charge >= 0.3 is 0 Å². The van der Waals surface area contributed by atoms with E-state index in [0.29, 0.717) is 0 Å². The molecule has 4 nitrogen and oxygen atoms in total. The number of methoxy groups -OCH3 is 1. The summed E-state index contributed by atoms with van der Waals surface area (Å²) in [5, 5.41) is 3.23. The third kappa shape index (κ3) is 3.72. The van der Waals surface area contributed by atoms with Crippen molar-refractivity contribution >= 4 is 6.08 Å². The Hall–Kier alpha value is -1.13. The van der Waals surface area contributed by atoms with E-state index in [1.807, 2.05) is 23.9 Å². The molecule has 0 saturated carbocycles. The van der Waals surface area contributed by atoms with Gasteiger partial charge in [0, 0.05) is 27.2 Å². The second kappa shape index (κ2) is 6.34. The van der Waals surface area contributed by atoms with Crippen molar-refractivity contribution in [1.29, 1.82) is 0 Å². The lowest BCUT2D eigenvalue weighted by Gasteiger charge is -1.99. The first-order valence-electron chi connectivity index (χ1n) is 4.67. The van der Waals surface area contributed by atoms with Gasteiger partial charge in [-0.05, 0) is 6.08 Å². The van der Waals surface area contributed by atoms with Crippen molar-refractivity contribution in [3.8, 4) is 0 Å². The van der Waals surface area contributed by atoms with E-state index in [9.17, 15) is 0 Å². The summed E-state index contributed by atoms with van der Waals surface area (Å²) in [6, 6.07) is 0. The Morgan fingerprint density at radius 1 is 1.64 bits per heavy atom. The summed E-state index contributed by atoms with van der Waals surface area (Å²) in [5.74, 6) is 0. The monoisotopic (exact) mass is 195 g/mol. The molecule has 4 heteroatoms. The minimum atomic E-state index is 0.750. The van der Waals surface area contributed by atoms with Gasteiger partial charge in [-0.3, -0.25) is 0 Å². The molecule has 0 bridgehead atoms. The van der Waals surface area contributed by atoms with Crippen molar-refractivity contribution in [1.82, 2.24) is 14.9 Å². The van der Waals surface area contributed by atoms with E-state index in [0.717, 1.165) is 25.4 Å².